The summed E-state index contributed by atoms with van der Waals surface area (Å²) in [5.74, 6) is 0.585. The quantitative estimate of drug-likeness (QED) is 0.0845. The topological polar surface area (TPSA) is 61.5 Å². The van der Waals surface area contributed by atoms with Crippen molar-refractivity contribution in [1.29, 1.82) is 5.41 Å². The third-order valence-electron chi connectivity index (χ3n) is 10.4. The molecule has 2 heterocycles. The van der Waals surface area contributed by atoms with Crippen molar-refractivity contribution in [3.8, 4) is 11.1 Å². The third kappa shape index (κ3) is 7.97. The van der Waals surface area contributed by atoms with E-state index in [1.165, 1.54) is 37.7 Å². The molecule has 0 unspecified atom stereocenters. The molecule has 2 aromatic heterocycles. The highest BCUT2D eigenvalue weighted by molar-refractivity contribution is 7.20. The average Bonchev–Trinajstić information content (AvgIpc) is 3.64. The summed E-state index contributed by atoms with van der Waals surface area (Å²) in [6.07, 6.45) is 23.4. The average molecular weight is 755 g/mol. The van der Waals surface area contributed by atoms with Crippen molar-refractivity contribution in [3.63, 3.8) is 0 Å². The lowest BCUT2D eigenvalue weighted by Crippen LogP contribution is -2.08. The van der Waals surface area contributed by atoms with E-state index in [1.54, 1.807) is 35.8 Å². The molecule has 0 saturated heterocycles. The summed E-state index contributed by atoms with van der Waals surface area (Å²) in [5, 5.41) is 11.4. The van der Waals surface area contributed by atoms with E-state index in [9.17, 15) is 0 Å². The van der Waals surface area contributed by atoms with Gasteiger partial charge >= 0.3 is 0 Å². The number of allylic oxidation sites excluding steroid dienone is 7. The Balaban J connectivity index is 1.15. The van der Waals surface area contributed by atoms with Gasteiger partial charge < -0.3 is 0 Å². The van der Waals surface area contributed by atoms with Gasteiger partial charge in [-0.25, -0.2) is 15.0 Å². The van der Waals surface area contributed by atoms with Gasteiger partial charge in [0.1, 0.15) is 5.84 Å². The molecule has 2 aliphatic carbocycles. The normalized spacial score (nSPS) is 14.5. The maximum absolute atomic E-state index is 9.00. The minimum absolute atomic E-state index is 0.174. The first kappa shape index (κ1) is 37.1. The first-order valence-corrected chi connectivity index (χ1v) is 20.0. The molecule has 0 fully saturated rings. The Hall–Kier alpha value is -6.82. The van der Waals surface area contributed by atoms with Crippen molar-refractivity contribution in [2.45, 2.75) is 25.7 Å². The van der Waals surface area contributed by atoms with Crippen molar-refractivity contribution in [2.24, 2.45) is 9.98 Å². The molecule has 57 heavy (non-hydrogen) atoms. The number of thiophene rings is 1. The molecule has 0 atom stereocenters. The smallest absolute Gasteiger partial charge is 0.161 e. The van der Waals surface area contributed by atoms with Crippen LogP contribution in [-0.2, 0) is 6.42 Å². The van der Waals surface area contributed by atoms with Crippen LogP contribution in [0.3, 0.4) is 0 Å². The monoisotopic (exact) mass is 754 g/mol. The molecule has 4 nitrogen and oxygen atoms in total. The number of hydrogen-bond acceptors (Lipinski definition) is 3. The Morgan fingerprint density at radius 1 is 0.789 bits per heavy atom. The molecule has 0 saturated carbocycles. The second-order valence-corrected chi connectivity index (χ2v) is 15.0. The maximum Gasteiger partial charge on any atom is 0.161 e. The van der Waals surface area contributed by atoms with Crippen LogP contribution in [0.2, 0.25) is 0 Å². The predicted octanol–water partition coefficient (Wildman–Crippen LogP) is 13.7. The van der Waals surface area contributed by atoms with Gasteiger partial charge in [-0.05, 0) is 88.4 Å². The fraction of sp³-hybridized carbons (Fsp3) is 0.0769. The Morgan fingerprint density at radius 2 is 1.54 bits per heavy atom. The lowest BCUT2D eigenvalue weighted by Gasteiger charge is -2.17. The van der Waals surface area contributed by atoms with Crippen molar-refractivity contribution >= 4 is 74.0 Å². The summed E-state index contributed by atoms with van der Waals surface area (Å²) in [4.78, 5) is 15.7. The number of nitrogens with one attached hydrogen (secondary N) is 1. The number of hydrogen-bond donors (Lipinski definition) is 1. The summed E-state index contributed by atoms with van der Waals surface area (Å²) in [6, 6.07) is 35.6. The highest BCUT2D eigenvalue weighted by atomic mass is 32.1. The molecule has 6 aromatic rings. The van der Waals surface area contributed by atoms with E-state index in [0.717, 1.165) is 63.2 Å². The molecule has 1 N–H and O–H groups in total. The van der Waals surface area contributed by atoms with Crippen LogP contribution in [-0.4, -0.2) is 22.9 Å². The van der Waals surface area contributed by atoms with Gasteiger partial charge in [-0.3, -0.25) is 5.41 Å². The number of aliphatic imine (C=N–C) groups is 2. The van der Waals surface area contributed by atoms with Crippen molar-refractivity contribution in [2.75, 3.05) is 0 Å². The molecule has 0 spiro atoms. The van der Waals surface area contributed by atoms with Gasteiger partial charge in [0, 0.05) is 37.7 Å². The van der Waals surface area contributed by atoms with Crippen molar-refractivity contribution < 1.29 is 0 Å². The van der Waals surface area contributed by atoms with Crippen LogP contribution in [0.5, 0.6) is 0 Å². The summed E-state index contributed by atoms with van der Waals surface area (Å²) >= 11 is 1.78. The van der Waals surface area contributed by atoms with Gasteiger partial charge in [0.25, 0.3) is 0 Å². The fourth-order valence-corrected chi connectivity index (χ4v) is 8.64. The molecule has 4 aromatic carbocycles. The lowest BCUT2D eigenvalue weighted by atomic mass is 9.90. The number of pyridine rings is 1. The largest absolute Gasteiger partial charge is 0.283 e. The molecule has 2 aliphatic rings. The number of benzene rings is 4. The molecule has 5 heteroatoms. The van der Waals surface area contributed by atoms with Crippen LogP contribution < -0.4 is 0 Å². The van der Waals surface area contributed by atoms with Crippen LogP contribution in [0.4, 0.5) is 0 Å². The molecule has 0 bridgehead atoms. The van der Waals surface area contributed by atoms with E-state index >= 15 is 0 Å². The van der Waals surface area contributed by atoms with E-state index < -0.39 is 0 Å². The third-order valence-corrected chi connectivity index (χ3v) is 11.6. The Labute approximate surface area is 338 Å². The zero-order chi connectivity index (χ0) is 39.1. The Morgan fingerprint density at radius 3 is 2.32 bits per heavy atom. The predicted molar refractivity (Wildman–Crippen MR) is 247 cm³/mol. The summed E-state index contributed by atoms with van der Waals surface area (Å²) < 4.78 is 1.21. The minimum Gasteiger partial charge on any atom is -0.283 e. The highest BCUT2D eigenvalue weighted by Gasteiger charge is 2.20. The molecule has 8 rings (SSSR count). The zero-order valence-corrected chi connectivity index (χ0v) is 32.6. The van der Waals surface area contributed by atoms with Gasteiger partial charge in [0.05, 0.1) is 11.2 Å². The minimum atomic E-state index is 0.174. The van der Waals surface area contributed by atoms with Gasteiger partial charge in [-0.1, -0.05) is 159 Å². The first-order valence-electron chi connectivity index (χ1n) is 19.2. The first-order chi connectivity index (χ1) is 28.0. The molecule has 0 radical (unpaired) electrons. The van der Waals surface area contributed by atoms with Crippen LogP contribution in [0, 0.1) is 5.41 Å². The van der Waals surface area contributed by atoms with Gasteiger partial charge in [-0.15, -0.1) is 11.3 Å². The number of aromatic nitrogens is 1. The Bertz CT molecular complexity index is 2790. The summed E-state index contributed by atoms with van der Waals surface area (Å²) in [6.45, 7) is 12.5. The number of rotatable bonds is 10. The summed E-state index contributed by atoms with van der Waals surface area (Å²) in [5.41, 5.74) is 12.7. The standard InChI is InChI=1S/C52H42N4S/c1-4-16-37(5-2)52(54-34-36-17-8-6-9-18-36)56-51(53)40-27-25-38(26-28-40)35(3)50-46(45-30-29-41(33-49(45)57-50)39-19-10-7-11-20-39)31-32-48-44-22-13-12-21-42(44)43-23-14-15-24-47(43)55-48/h4-12,14-21,23-25,27,29-34,53H,1-3,13,22,26,28H2/b32-31+,37-16+,53-51?,54-34?,56-52?. The molecule has 276 valence electrons. The number of nitrogens with zero attached hydrogens (tertiary/aromatic N) is 3. The van der Waals surface area contributed by atoms with E-state index in [0.29, 0.717) is 17.8 Å². The van der Waals surface area contributed by atoms with Crippen LogP contribution >= 0.6 is 11.3 Å². The van der Waals surface area contributed by atoms with Gasteiger partial charge in [0.2, 0.25) is 0 Å². The van der Waals surface area contributed by atoms with E-state index in [4.69, 9.17) is 17.0 Å². The van der Waals surface area contributed by atoms with Crippen molar-refractivity contribution in [1.82, 2.24) is 4.98 Å². The number of fused-ring (bicyclic) bond motifs is 4. The zero-order valence-electron chi connectivity index (χ0n) is 31.8. The molecular formula is C52H42N4S. The molecule has 0 aliphatic heterocycles. The van der Waals surface area contributed by atoms with Crippen LogP contribution in [0.15, 0.2) is 186 Å². The van der Waals surface area contributed by atoms with Crippen LogP contribution in [0.1, 0.15) is 52.1 Å². The maximum atomic E-state index is 9.00. The Kier molecular flexibility index (Phi) is 11.0. The number of para-hydroxylation sites is 1. The molecular weight excluding hydrogens is 713 g/mol. The van der Waals surface area contributed by atoms with E-state index in [-0.39, 0.29) is 5.84 Å². The van der Waals surface area contributed by atoms with Crippen molar-refractivity contribution in [3.05, 3.63) is 209 Å². The van der Waals surface area contributed by atoms with E-state index in [1.807, 2.05) is 36.4 Å². The number of amidine groups is 2. The highest BCUT2D eigenvalue weighted by Crippen LogP contribution is 2.43. The SMILES string of the molecule is C=C/C=C(\C=C)C(N=Cc1ccccc1)=NC(=N)C1=CC=C(C(=C)c2sc3cc(-c4ccccc4)ccc3c2/C=C/c2nc3ccccc3c3c2CCC=C3)CC1. The second-order valence-electron chi connectivity index (χ2n) is 14.0. The fourth-order valence-electron chi connectivity index (χ4n) is 7.41. The van der Waals surface area contributed by atoms with Gasteiger partial charge in [-0.2, -0.15) is 0 Å². The van der Waals surface area contributed by atoms with E-state index in [2.05, 4.69) is 126 Å². The van der Waals surface area contributed by atoms with Gasteiger partial charge in [0.15, 0.2) is 5.84 Å². The molecule has 0 amide bonds. The van der Waals surface area contributed by atoms with Crippen LogP contribution in [0.25, 0.3) is 55.9 Å². The second kappa shape index (κ2) is 16.9. The summed E-state index contributed by atoms with van der Waals surface area (Å²) in [7, 11) is 0. The lowest BCUT2D eigenvalue weighted by molar-refractivity contribution is 0.964.